The number of nitrogens with one attached hydrogen (secondary N) is 1. The number of phenolic OH excluding ortho intramolecular Hbond substituents is 1. The summed E-state index contributed by atoms with van der Waals surface area (Å²) in [6.45, 7) is 3.24. The summed E-state index contributed by atoms with van der Waals surface area (Å²) in [5.74, 6) is -0.311. The van der Waals surface area contributed by atoms with E-state index >= 15 is 0 Å². The van der Waals surface area contributed by atoms with Crippen molar-refractivity contribution in [3.63, 3.8) is 0 Å². The highest BCUT2D eigenvalue weighted by Gasteiger charge is 2.17. The third kappa shape index (κ3) is 3.81. The van der Waals surface area contributed by atoms with E-state index < -0.39 is 5.91 Å². The van der Waals surface area contributed by atoms with Crippen LogP contribution in [0.3, 0.4) is 0 Å². The van der Waals surface area contributed by atoms with Gasteiger partial charge in [-0.15, -0.1) is 0 Å². The summed E-state index contributed by atoms with van der Waals surface area (Å²) in [5.41, 5.74) is 3.91. The number of nitrogens with zero attached hydrogens (tertiary/aromatic N) is 2. The monoisotopic (exact) mass is 333 g/mol. The molecule has 3 rings (SSSR count). The van der Waals surface area contributed by atoms with Gasteiger partial charge in [-0.05, 0) is 48.2 Å². The molecule has 0 unspecified atom stereocenters. The molecule has 0 aliphatic carbocycles. The van der Waals surface area contributed by atoms with E-state index in [-0.39, 0.29) is 11.3 Å². The van der Waals surface area contributed by atoms with E-state index in [4.69, 9.17) is 0 Å². The SMILES string of the molecule is Cc1cc(O)ccc1NC(=O)/C(C#N)=C\N1CCc2ccccc2C1. The first-order valence-electron chi connectivity index (χ1n) is 8.10. The molecule has 1 aliphatic heterocycles. The van der Waals surface area contributed by atoms with Gasteiger partial charge in [-0.2, -0.15) is 5.26 Å². The zero-order valence-corrected chi connectivity index (χ0v) is 14.0. The van der Waals surface area contributed by atoms with Crippen molar-refractivity contribution < 1.29 is 9.90 Å². The summed E-state index contributed by atoms with van der Waals surface area (Å²) < 4.78 is 0. The first-order valence-corrected chi connectivity index (χ1v) is 8.10. The van der Waals surface area contributed by atoms with Gasteiger partial charge in [0.1, 0.15) is 17.4 Å². The maximum absolute atomic E-state index is 12.4. The number of hydrogen-bond acceptors (Lipinski definition) is 4. The van der Waals surface area contributed by atoms with Crippen molar-refractivity contribution in [2.75, 3.05) is 11.9 Å². The van der Waals surface area contributed by atoms with E-state index in [0.29, 0.717) is 12.2 Å². The number of carbonyl (C=O) groups excluding carboxylic acids is 1. The number of nitriles is 1. The number of benzene rings is 2. The number of fused-ring (bicyclic) bond motifs is 1. The lowest BCUT2D eigenvalue weighted by molar-refractivity contribution is -0.112. The molecule has 0 saturated heterocycles. The first kappa shape index (κ1) is 16.6. The molecule has 2 aromatic carbocycles. The smallest absolute Gasteiger partial charge is 0.267 e. The van der Waals surface area contributed by atoms with Crippen LogP contribution >= 0.6 is 0 Å². The molecule has 25 heavy (non-hydrogen) atoms. The molecule has 0 bridgehead atoms. The number of anilines is 1. The van der Waals surface area contributed by atoms with Gasteiger partial charge in [0.15, 0.2) is 0 Å². The predicted molar refractivity (Wildman–Crippen MR) is 95.7 cm³/mol. The van der Waals surface area contributed by atoms with Crippen molar-refractivity contribution in [2.24, 2.45) is 0 Å². The maximum Gasteiger partial charge on any atom is 0.267 e. The van der Waals surface area contributed by atoms with Gasteiger partial charge >= 0.3 is 0 Å². The number of carbonyl (C=O) groups is 1. The quantitative estimate of drug-likeness (QED) is 0.514. The molecule has 1 aliphatic rings. The van der Waals surface area contributed by atoms with Gasteiger partial charge in [0.25, 0.3) is 5.91 Å². The molecule has 0 fully saturated rings. The summed E-state index contributed by atoms with van der Waals surface area (Å²) in [6, 6.07) is 14.9. The average Bonchev–Trinajstić information content (AvgIpc) is 2.61. The van der Waals surface area contributed by atoms with E-state index in [1.54, 1.807) is 25.3 Å². The molecule has 5 heteroatoms. The summed E-state index contributed by atoms with van der Waals surface area (Å²) in [6.07, 6.45) is 2.52. The number of aromatic hydroxyl groups is 1. The van der Waals surface area contributed by atoms with Crippen LogP contribution in [0.15, 0.2) is 54.2 Å². The Morgan fingerprint density at radius 3 is 2.76 bits per heavy atom. The Morgan fingerprint density at radius 1 is 1.28 bits per heavy atom. The Labute approximate surface area is 146 Å². The van der Waals surface area contributed by atoms with Gasteiger partial charge in [-0.25, -0.2) is 0 Å². The minimum atomic E-state index is -0.449. The Kier molecular flexibility index (Phi) is 4.71. The second-order valence-corrected chi connectivity index (χ2v) is 6.10. The Bertz CT molecular complexity index is 881. The van der Waals surface area contributed by atoms with Crippen LogP contribution in [0.4, 0.5) is 5.69 Å². The lowest BCUT2D eigenvalue weighted by Gasteiger charge is -2.27. The molecule has 0 aromatic heterocycles. The predicted octanol–water partition coefficient (Wildman–Crippen LogP) is 3.10. The molecular formula is C20H19N3O2. The van der Waals surface area contributed by atoms with Crippen LogP contribution in [0.5, 0.6) is 5.75 Å². The van der Waals surface area contributed by atoms with Gasteiger partial charge in [0.05, 0.1) is 0 Å². The molecule has 0 radical (unpaired) electrons. The van der Waals surface area contributed by atoms with Crippen molar-refractivity contribution in [3.8, 4) is 11.8 Å². The second-order valence-electron chi connectivity index (χ2n) is 6.10. The number of rotatable bonds is 3. The number of hydrogen-bond donors (Lipinski definition) is 2. The zero-order valence-electron chi connectivity index (χ0n) is 14.0. The van der Waals surface area contributed by atoms with Crippen molar-refractivity contribution in [2.45, 2.75) is 19.9 Å². The summed E-state index contributed by atoms with van der Waals surface area (Å²) in [4.78, 5) is 14.4. The number of amides is 1. The van der Waals surface area contributed by atoms with Gasteiger partial charge in [0, 0.05) is 25.0 Å². The third-order valence-corrected chi connectivity index (χ3v) is 4.30. The molecule has 126 valence electrons. The molecule has 5 nitrogen and oxygen atoms in total. The molecule has 2 N–H and O–H groups in total. The Hall–Kier alpha value is -3.26. The Balaban J connectivity index is 1.75. The van der Waals surface area contributed by atoms with Crippen molar-refractivity contribution in [1.82, 2.24) is 4.90 Å². The van der Waals surface area contributed by atoms with Gasteiger partial charge in [-0.1, -0.05) is 24.3 Å². The van der Waals surface area contributed by atoms with Gasteiger partial charge < -0.3 is 15.3 Å². The number of aryl methyl sites for hydroxylation is 1. The van der Waals surface area contributed by atoms with E-state index in [1.807, 2.05) is 23.1 Å². The lowest BCUT2D eigenvalue weighted by Crippen LogP contribution is -2.27. The topological polar surface area (TPSA) is 76.4 Å². The van der Waals surface area contributed by atoms with Gasteiger partial charge in [-0.3, -0.25) is 4.79 Å². The lowest BCUT2D eigenvalue weighted by atomic mass is 10.00. The summed E-state index contributed by atoms with van der Waals surface area (Å²) in [5, 5.41) is 21.5. The van der Waals surface area contributed by atoms with Crippen LogP contribution in [0, 0.1) is 18.3 Å². The van der Waals surface area contributed by atoms with Crippen LogP contribution in [-0.2, 0) is 17.8 Å². The van der Waals surface area contributed by atoms with Crippen molar-refractivity contribution in [3.05, 3.63) is 70.9 Å². The molecule has 1 heterocycles. The van der Waals surface area contributed by atoms with Crippen LogP contribution in [-0.4, -0.2) is 22.5 Å². The summed E-state index contributed by atoms with van der Waals surface area (Å²) >= 11 is 0. The molecule has 0 spiro atoms. The van der Waals surface area contributed by atoms with Crippen LogP contribution < -0.4 is 5.32 Å². The minimum Gasteiger partial charge on any atom is -0.508 e. The molecule has 2 aromatic rings. The Morgan fingerprint density at radius 2 is 2.04 bits per heavy atom. The fraction of sp³-hybridized carbons (Fsp3) is 0.200. The zero-order chi connectivity index (χ0) is 17.8. The highest BCUT2D eigenvalue weighted by atomic mass is 16.3. The van der Waals surface area contributed by atoms with E-state index in [2.05, 4.69) is 17.4 Å². The maximum atomic E-state index is 12.4. The summed E-state index contributed by atoms with van der Waals surface area (Å²) in [7, 11) is 0. The van der Waals surface area contributed by atoms with Crippen molar-refractivity contribution >= 4 is 11.6 Å². The van der Waals surface area contributed by atoms with Gasteiger partial charge in [0.2, 0.25) is 0 Å². The fourth-order valence-electron chi connectivity index (χ4n) is 2.93. The first-order chi connectivity index (χ1) is 12.1. The fourth-order valence-corrected chi connectivity index (χ4v) is 2.93. The molecular weight excluding hydrogens is 314 g/mol. The normalized spacial score (nSPS) is 13.8. The second kappa shape index (κ2) is 7.10. The molecule has 0 atom stereocenters. The van der Waals surface area contributed by atoms with E-state index in [9.17, 15) is 15.2 Å². The largest absolute Gasteiger partial charge is 0.508 e. The third-order valence-electron chi connectivity index (χ3n) is 4.30. The van der Waals surface area contributed by atoms with E-state index in [1.165, 1.54) is 17.2 Å². The minimum absolute atomic E-state index is 0.0619. The molecule has 1 amide bonds. The van der Waals surface area contributed by atoms with Crippen LogP contribution in [0.1, 0.15) is 16.7 Å². The van der Waals surface area contributed by atoms with E-state index in [0.717, 1.165) is 18.5 Å². The molecule has 0 saturated carbocycles. The van der Waals surface area contributed by atoms with Crippen molar-refractivity contribution in [1.29, 1.82) is 5.26 Å². The van der Waals surface area contributed by atoms with Crippen LogP contribution in [0.25, 0.3) is 0 Å². The highest BCUT2D eigenvalue weighted by Crippen LogP contribution is 2.22. The van der Waals surface area contributed by atoms with Crippen LogP contribution in [0.2, 0.25) is 0 Å². The highest BCUT2D eigenvalue weighted by molar-refractivity contribution is 6.06. The standard InChI is InChI=1S/C20H19N3O2/c1-14-10-18(24)6-7-19(14)22-20(25)17(11-21)13-23-9-8-15-4-2-3-5-16(15)12-23/h2-7,10,13,24H,8-9,12H2,1H3,(H,22,25)/b17-13-. The number of phenols is 1. The average molecular weight is 333 g/mol.